The summed E-state index contributed by atoms with van der Waals surface area (Å²) in [7, 11) is 0. The molecule has 0 aliphatic rings. The molecule has 1 heteroatoms. The fourth-order valence-electron chi connectivity index (χ4n) is 2.61. The average molecular weight is 275 g/mol. The maximum atomic E-state index is 6.21. The van der Waals surface area contributed by atoms with Crippen molar-refractivity contribution in [3.05, 3.63) is 35.4 Å². The molecule has 0 aromatic heterocycles. The Labute approximate surface area is 126 Å². The second-order valence-electron chi connectivity index (χ2n) is 6.19. The summed E-state index contributed by atoms with van der Waals surface area (Å²) >= 11 is 0. The van der Waals surface area contributed by atoms with E-state index in [4.69, 9.17) is 5.73 Å². The van der Waals surface area contributed by atoms with Crippen LogP contribution in [0.15, 0.2) is 24.3 Å². The highest BCUT2D eigenvalue weighted by Crippen LogP contribution is 2.12. The van der Waals surface area contributed by atoms with E-state index in [-0.39, 0.29) is 0 Å². The van der Waals surface area contributed by atoms with Gasteiger partial charge in [0.25, 0.3) is 0 Å². The molecule has 0 amide bonds. The third-order valence-electron chi connectivity index (χ3n) is 4.10. The van der Waals surface area contributed by atoms with Gasteiger partial charge >= 0.3 is 0 Å². The van der Waals surface area contributed by atoms with Crippen molar-refractivity contribution in [3.63, 3.8) is 0 Å². The van der Waals surface area contributed by atoms with Gasteiger partial charge in [-0.15, -0.1) is 0 Å². The minimum atomic E-state index is 0.381. The van der Waals surface area contributed by atoms with E-state index >= 15 is 0 Å². The van der Waals surface area contributed by atoms with Crippen molar-refractivity contribution < 1.29 is 0 Å². The lowest BCUT2D eigenvalue weighted by Gasteiger charge is -2.11. The van der Waals surface area contributed by atoms with Crippen molar-refractivity contribution >= 4 is 0 Å². The third-order valence-corrected chi connectivity index (χ3v) is 4.10. The van der Waals surface area contributed by atoms with E-state index in [0.717, 1.165) is 12.8 Å². The molecule has 2 N–H and O–H groups in total. The Balaban J connectivity index is 2.00. The Kier molecular flexibility index (Phi) is 9.40. The molecule has 1 unspecified atom stereocenters. The SMILES string of the molecule is CCCCCCCCCC(N)CCc1ccc(C)cc1. The van der Waals surface area contributed by atoms with E-state index in [2.05, 4.69) is 38.1 Å². The van der Waals surface area contributed by atoms with Crippen LogP contribution in [0.2, 0.25) is 0 Å². The maximum absolute atomic E-state index is 6.21. The van der Waals surface area contributed by atoms with Gasteiger partial charge in [-0.1, -0.05) is 81.7 Å². The highest BCUT2D eigenvalue weighted by atomic mass is 14.6. The predicted octanol–water partition coefficient (Wildman–Crippen LogP) is 5.40. The molecule has 1 rings (SSSR count). The zero-order valence-electron chi connectivity index (χ0n) is 13.5. The molecule has 114 valence electrons. The van der Waals surface area contributed by atoms with Crippen molar-refractivity contribution in [3.8, 4) is 0 Å². The Morgan fingerprint density at radius 2 is 1.45 bits per heavy atom. The second kappa shape index (κ2) is 10.9. The lowest BCUT2D eigenvalue weighted by molar-refractivity contribution is 0.510. The molecule has 20 heavy (non-hydrogen) atoms. The van der Waals surface area contributed by atoms with Crippen LogP contribution < -0.4 is 5.73 Å². The molecule has 0 spiro atoms. The van der Waals surface area contributed by atoms with E-state index in [1.807, 2.05) is 0 Å². The topological polar surface area (TPSA) is 26.0 Å². The summed E-state index contributed by atoms with van der Waals surface area (Å²) in [6.45, 7) is 4.41. The Bertz CT molecular complexity index is 328. The number of hydrogen-bond acceptors (Lipinski definition) is 1. The molecule has 0 aliphatic heterocycles. The number of hydrogen-bond donors (Lipinski definition) is 1. The van der Waals surface area contributed by atoms with Crippen LogP contribution in [-0.2, 0) is 6.42 Å². The van der Waals surface area contributed by atoms with Gasteiger partial charge in [-0.05, 0) is 31.7 Å². The molecule has 0 radical (unpaired) electrons. The molecule has 0 aliphatic carbocycles. The number of benzene rings is 1. The van der Waals surface area contributed by atoms with Crippen LogP contribution in [-0.4, -0.2) is 6.04 Å². The first-order chi connectivity index (χ1) is 9.72. The molecular weight excluding hydrogens is 242 g/mol. The molecule has 0 saturated heterocycles. The molecule has 0 heterocycles. The van der Waals surface area contributed by atoms with Crippen LogP contribution in [0.4, 0.5) is 0 Å². The first kappa shape index (κ1) is 17.2. The number of rotatable bonds is 11. The van der Waals surface area contributed by atoms with Gasteiger partial charge in [0.15, 0.2) is 0 Å². The largest absolute Gasteiger partial charge is 0.328 e. The molecule has 0 fully saturated rings. The minimum Gasteiger partial charge on any atom is -0.328 e. The van der Waals surface area contributed by atoms with Gasteiger partial charge in [0.1, 0.15) is 0 Å². The first-order valence-corrected chi connectivity index (χ1v) is 8.53. The molecule has 0 bridgehead atoms. The summed E-state index contributed by atoms with van der Waals surface area (Å²) in [5.74, 6) is 0. The average Bonchev–Trinajstić information content (AvgIpc) is 2.46. The number of unbranched alkanes of at least 4 members (excludes halogenated alkanes) is 6. The monoisotopic (exact) mass is 275 g/mol. The number of aryl methyl sites for hydroxylation is 2. The van der Waals surface area contributed by atoms with Crippen LogP contribution in [0.3, 0.4) is 0 Å². The maximum Gasteiger partial charge on any atom is 0.00419 e. The molecular formula is C19H33N. The Morgan fingerprint density at radius 3 is 2.10 bits per heavy atom. The van der Waals surface area contributed by atoms with E-state index in [0.29, 0.717) is 6.04 Å². The lowest BCUT2D eigenvalue weighted by atomic mass is 10.00. The van der Waals surface area contributed by atoms with Crippen molar-refractivity contribution in [2.45, 2.75) is 84.1 Å². The van der Waals surface area contributed by atoms with Crippen LogP contribution in [0.25, 0.3) is 0 Å². The molecule has 0 saturated carbocycles. The summed E-state index contributed by atoms with van der Waals surface area (Å²) in [5.41, 5.74) is 8.97. The van der Waals surface area contributed by atoms with Gasteiger partial charge < -0.3 is 5.73 Å². The van der Waals surface area contributed by atoms with Gasteiger partial charge in [-0.2, -0.15) is 0 Å². The molecule has 1 aromatic rings. The van der Waals surface area contributed by atoms with Crippen molar-refractivity contribution in [1.29, 1.82) is 0 Å². The van der Waals surface area contributed by atoms with Crippen molar-refractivity contribution in [1.82, 2.24) is 0 Å². The van der Waals surface area contributed by atoms with Crippen LogP contribution in [0, 0.1) is 6.92 Å². The normalized spacial score (nSPS) is 12.6. The summed E-state index contributed by atoms with van der Waals surface area (Å²) < 4.78 is 0. The summed E-state index contributed by atoms with van der Waals surface area (Å²) in [4.78, 5) is 0. The summed E-state index contributed by atoms with van der Waals surface area (Å²) in [6.07, 6.45) is 13.1. The van der Waals surface area contributed by atoms with Gasteiger partial charge in [0.05, 0.1) is 0 Å². The minimum absolute atomic E-state index is 0.381. The molecule has 1 nitrogen and oxygen atoms in total. The van der Waals surface area contributed by atoms with Gasteiger partial charge in [-0.3, -0.25) is 0 Å². The molecule has 1 atom stereocenters. The first-order valence-electron chi connectivity index (χ1n) is 8.53. The quantitative estimate of drug-likeness (QED) is 0.538. The summed E-state index contributed by atoms with van der Waals surface area (Å²) in [5, 5.41) is 0. The third kappa shape index (κ3) is 8.37. The lowest BCUT2D eigenvalue weighted by Crippen LogP contribution is -2.20. The zero-order chi connectivity index (χ0) is 14.6. The fraction of sp³-hybridized carbons (Fsp3) is 0.684. The number of nitrogens with two attached hydrogens (primary N) is 1. The Morgan fingerprint density at radius 1 is 0.850 bits per heavy atom. The second-order valence-corrected chi connectivity index (χ2v) is 6.19. The van der Waals surface area contributed by atoms with Crippen LogP contribution in [0.1, 0.15) is 75.8 Å². The predicted molar refractivity (Wildman–Crippen MR) is 90.1 cm³/mol. The zero-order valence-corrected chi connectivity index (χ0v) is 13.5. The van der Waals surface area contributed by atoms with E-state index in [1.54, 1.807) is 0 Å². The summed E-state index contributed by atoms with van der Waals surface area (Å²) in [6, 6.07) is 9.23. The van der Waals surface area contributed by atoms with E-state index in [1.165, 1.54) is 62.5 Å². The van der Waals surface area contributed by atoms with Gasteiger partial charge in [-0.25, -0.2) is 0 Å². The fourth-order valence-corrected chi connectivity index (χ4v) is 2.61. The van der Waals surface area contributed by atoms with E-state index < -0.39 is 0 Å². The standard InChI is InChI=1S/C19H33N/c1-3-4-5-6-7-8-9-10-19(20)16-15-18-13-11-17(2)12-14-18/h11-14,19H,3-10,15-16,20H2,1-2H3. The molecule has 1 aromatic carbocycles. The van der Waals surface area contributed by atoms with Gasteiger partial charge in [0.2, 0.25) is 0 Å². The van der Waals surface area contributed by atoms with Crippen LogP contribution in [0.5, 0.6) is 0 Å². The van der Waals surface area contributed by atoms with Crippen molar-refractivity contribution in [2.24, 2.45) is 5.73 Å². The smallest absolute Gasteiger partial charge is 0.00419 e. The highest BCUT2D eigenvalue weighted by molar-refractivity contribution is 5.21. The van der Waals surface area contributed by atoms with Crippen molar-refractivity contribution in [2.75, 3.05) is 0 Å². The highest BCUT2D eigenvalue weighted by Gasteiger charge is 2.03. The van der Waals surface area contributed by atoms with Gasteiger partial charge in [0, 0.05) is 6.04 Å². The van der Waals surface area contributed by atoms with E-state index in [9.17, 15) is 0 Å². The Hall–Kier alpha value is -0.820. The van der Waals surface area contributed by atoms with Crippen LogP contribution >= 0.6 is 0 Å².